The first-order valence-electron chi connectivity index (χ1n) is 5.99. The van der Waals surface area contributed by atoms with Gasteiger partial charge in [-0.2, -0.15) is 5.10 Å². The number of hydrogen-bond acceptors (Lipinski definition) is 4. The number of para-hydroxylation sites is 1. The van der Waals surface area contributed by atoms with E-state index in [1.807, 2.05) is 20.0 Å². The van der Waals surface area contributed by atoms with Gasteiger partial charge in [-0.3, -0.25) is 4.68 Å². The quantitative estimate of drug-likeness (QED) is 0.851. The highest BCUT2D eigenvalue weighted by molar-refractivity contribution is 5.95. The normalized spacial score (nSPS) is 10.4. The maximum Gasteiger partial charge on any atom is 0.337 e. The predicted octanol–water partition coefficient (Wildman–Crippen LogP) is 1.48. The van der Waals surface area contributed by atoms with Gasteiger partial charge in [0.1, 0.15) is 6.33 Å². The van der Waals surface area contributed by atoms with Crippen molar-refractivity contribution < 1.29 is 9.90 Å². The molecule has 0 radical (unpaired) electrons. The Morgan fingerprint density at radius 1 is 1.47 bits per heavy atom. The van der Waals surface area contributed by atoms with E-state index in [1.165, 1.54) is 0 Å². The largest absolute Gasteiger partial charge is 0.478 e. The van der Waals surface area contributed by atoms with Crippen LogP contribution in [-0.2, 0) is 13.5 Å². The molecule has 1 aromatic heterocycles. The van der Waals surface area contributed by atoms with Gasteiger partial charge in [-0.05, 0) is 18.6 Å². The number of carboxylic acids is 1. The van der Waals surface area contributed by atoms with Crippen molar-refractivity contribution in [3.05, 3.63) is 41.5 Å². The van der Waals surface area contributed by atoms with Crippen LogP contribution in [0, 0.1) is 6.92 Å². The third kappa shape index (κ3) is 3.09. The summed E-state index contributed by atoms with van der Waals surface area (Å²) in [5, 5.41) is 16.5. The molecular weight excluding hydrogens is 244 g/mol. The van der Waals surface area contributed by atoms with Gasteiger partial charge in [-0.1, -0.05) is 12.1 Å². The Balaban J connectivity index is 2.05. The molecule has 2 N–H and O–H groups in total. The average molecular weight is 260 g/mol. The molecule has 6 heteroatoms. The van der Waals surface area contributed by atoms with Crippen LogP contribution in [0.1, 0.15) is 21.7 Å². The topological polar surface area (TPSA) is 80.0 Å². The molecule has 0 amide bonds. The highest BCUT2D eigenvalue weighted by Gasteiger charge is 2.11. The first-order valence-corrected chi connectivity index (χ1v) is 5.99. The molecule has 0 fully saturated rings. The smallest absolute Gasteiger partial charge is 0.337 e. The highest BCUT2D eigenvalue weighted by atomic mass is 16.4. The van der Waals surface area contributed by atoms with E-state index < -0.39 is 5.97 Å². The summed E-state index contributed by atoms with van der Waals surface area (Å²) >= 11 is 0. The summed E-state index contributed by atoms with van der Waals surface area (Å²) in [5.74, 6) is -0.192. The van der Waals surface area contributed by atoms with E-state index in [0.717, 1.165) is 11.4 Å². The van der Waals surface area contributed by atoms with Crippen LogP contribution < -0.4 is 5.32 Å². The molecule has 1 heterocycles. The molecule has 1 aromatic carbocycles. The minimum atomic E-state index is -0.929. The van der Waals surface area contributed by atoms with Gasteiger partial charge < -0.3 is 10.4 Å². The molecule has 0 aliphatic heterocycles. The van der Waals surface area contributed by atoms with Crippen LogP contribution in [0.25, 0.3) is 0 Å². The fourth-order valence-electron chi connectivity index (χ4n) is 1.88. The third-order valence-electron chi connectivity index (χ3n) is 2.80. The first-order chi connectivity index (χ1) is 9.08. The zero-order chi connectivity index (χ0) is 13.8. The fourth-order valence-corrected chi connectivity index (χ4v) is 1.88. The van der Waals surface area contributed by atoms with E-state index in [4.69, 9.17) is 5.11 Å². The Labute approximate surface area is 111 Å². The number of aryl methyl sites for hydroxylation is 2. The van der Waals surface area contributed by atoms with Gasteiger partial charge in [-0.15, -0.1) is 0 Å². The highest BCUT2D eigenvalue weighted by Crippen LogP contribution is 2.20. The van der Waals surface area contributed by atoms with Gasteiger partial charge in [0, 0.05) is 20.0 Å². The third-order valence-corrected chi connectivity index (χ3v) is 2.80. The van der Waals surface area contributed by atoms with Crippen LogP contribution >= 0.6 is 0 Å². The van der Waals surface area contributed by atoms with E-state index in [0.29, 0.717) is 18.7 Å². The second-order valence-electron chi connectivity index (χ2n) is 4.31. The van der Waals surface area contributed by atoms with Gasteiger partial charge in [0.25, 0.3) is 0 Å². The molecule has 100 valence electrons. The second kappa shape index (κ2) is 5.51. The number of nitrogens with zero attached hydrogens (tertiary/aromatic N) is 3. The average Bonchev–Trinajstić information content (AvgIpc) is 2.77. The number of benzene rings is 1. The minimum absolute atomic E-state index is 0.286. The van der Waals surface area contributed by atoms with Crippen LogP contribution in [0.3, 0.4) is 0 Å². The molecule has 19 heavy (non-hydrogen) atoms. The van der Waals surface area contributed by atoms with Crippen molar-refractivity contribution in [2.45, 2.75) is 13.3 Å². The van der Waals surface area contributed by atoms with Crippen molar-refractivity contribution in [1.82, 2.24) is 14.8 Å². The predicted molar refractivity (Wildman–Crippen MR) is 71.3 cm³/mol. The lowest BCUT2D eigenvalue weighted by Crippen LogP contribution is -2.11. The summed E-state index contributed by atoms with van der Waals surface area (Å²) in [6.07, 6.45) is 2.29. The maximum atomic E-state index is 11.1. The number of rotatable bonds is 5. The summed E-state index contributed by atoms with van der Waals surface area (Å²) in [4.78, 5) is 15.3. The van der Waals surface area contributed by atoms with E-state index in [-0.39, 0.29) is 5.56 Å². The van der Waals surface area contributed by atoms with E-state index in [1.54, 1.807) is 23.1 Å². The molecular formula is C13H16N4O2. The first kappa shape index (κ1) is 13.1. The van der Waals surface area contributed by atoms with Crippen molar-refractivity contribution in [1.29, 1.82) is 0 Å². The summed E-state index contributed by atoms with van der Waals surface area (Å²) in [7, 11) is 1.81. The summed E-state index contributed by atoms with van der Waals surface area (Å²) < 4.78 is 1.64. The minimum Gasteiger partial charge on any atom is -0.478 e. The van der Waals surface area contributed by atoms with Crippen LogP contribution in [-0.4, -0.2) is 32.4 Å². The van der Waals surface area contributed by atoms with Crippen LogP contribution in [0.15, 0.2) is 24.5 Å². The van der Waals surface area contributed by atoms with Crippen molar-refractivity contribution in [2.75, 3.05) is 11.9 Å². The van der Waals surface area contributed by atoms with Gasteiger partial charge in [-0.25, -0.2) is 9.78 Å². The number of carbonyl (C=O) groups is 1. The fraction of sp³-hybridized carbons (Fsp3) is 0.308. The van der Waals surface area contributed by atoms with Crippen LogP contribution in [0.5, 0.6) is 0 Å². The van der Waals surface area contributed by atoms with E-state index in [2.05, 4.69) is 15.4 Å². The number of anilines is 1. The molecule has 0 aliphatic rings. The van der Waals surface area contributed by atoms with Crippen molar-refractivity contribution in [3.63, 3.8) is 0 Å². The molecule has 0 saturated heterocycles. The molecule has 0 bridgehead atoms. The second-order valence-corrected chi connectivity index (χ2v) is 4.31. The van der Waals surface area contributed by atoms with Crippen LogP contribution in [0.4, 0.5) is 5.69 Å². The number of nitrogens with one attached hydrogen (secondary N) is 1. The molecule has 0 saturated carbocycles. The Hall–Kier alpha value is -2.37. The van der Waals surface area contributed by atoms with Gasteiger partial charge in [0.05, 0.1) is 11.3 Å². The van der Waals surface area contributed by atoms with E-state index in [9.17, 15) is 4.79 Å². The maximum absolute atomic E-state index is 11.1. The Bertz CT molecular complexity index is 592. The number of carboxylic acid groups (broad SMARTS) is 1. The lowest BCUT2D eigenvalue weighted by molar-refractivity contribution is 0.0698. The van der Waals surface area contributed by atoms with Crippen LogP contribution in [0.2, 0.25) is 0 Å². The van der Waals surface area contributed by atoms with Gasteiger partial charge in [0.15, 0.2) is 5.82 Å². The SMILES string of the molecule is Cc1cccc(C(=O)O)c1NCCc1ncn(C)n1. The summed E-state index contributed by atoms with van der Waals surface area (Å²) in [5.41, 5.74) is 1.86. The van der Waals surface area contributed by atoms with Gasteiger partial charge in [0.2, 0.25) is 0 Å². The number of aromatic carboxylic acids is 1. The molecule has 2 aromatic rings. The van der Waals surface area contributed by atoms with Crippen molar-refractivity contribution in [3.8, 4) is 0 Å². The molecule has 0 spiro atoms. The summed E-state index contributed by atoms with van der Waals surface area (Å²) in [6, 6.07) is 5.22. The molecule has 2 rings (SSSR count). The Morgan fingerprint density at radius 3 is 2.89 bits per heavy atom. The lowest BCUT2D eigenvalue weighted by atomic mass is 10.1. The lowest BCUT2D eigenvalue weighted by Gasteiger charge is -2.11. The summed E-state index contributed by atoms with van der Waals surface area (Å²) in [6.45, 7) is 2.48. The Kier molecular flexibility index (Phi) is 3.79. The number of hydrogen-bond donors (Lipinski definition) is 2. The molecule has 0 aliphatic carbocycles. The van der Waals surface area contributed by atoms with Gasteiger partial charge >= 0.3 is 5.97 Å². The monoisotopic (exact) mass is 260 g/mol. The Morgan fingerprint density at radius 2 is 2.26 bits per heavy atom. The zero-order valence-corrected chi connectivity index (χ0v) is 10.9. The van der Waals surface area contributed by atoms with E-state index >= 15 is 0 Å². The number of aromatic nitrogens is 3. The molecule has 0 unspecified atom stereocenters. The standard InChI is InChI=1S/C13H16N4O2/c1-9-4-3-5-10(13(18)19)12(9)14-7-6-11-15-8-17(2)16-11/h3-5,8,14H,6-7H2,1-2H3,(H,18,19). The van der Waals surface area contributed by atoms with Crippen molar-refractivity contribution in [2.24, 2.45) is 7.05 Å². The molecule has 0 atom stereocenters. The zero-order valence-electron chi connectivity index (χ0n) is 10.9. The molecule has 6 nitrogen and oxygen atoms in total. The van der Waals surface area contributed by atoms with Crippen molar-refractivity contribution >= 4 is 11.7 Å².